The minimum atomic E-state index is -4.69. The van der Waals surface area contributed by atoms with Crippen molar-refractivity contribution in [2.75, 3.05) is 52.9 Å². The number of carbonyl (C=O) groups is 1. The second-order valence-electron chi connectivity index (χ2n) is 11.3. The molecule has 2 aromatic rings. The molecule has 2 heterocycles. The third-order valence-electron chi connectivity index (χ3n) is 8.49. The minimum absolute atomic E-state index is 0. The van der Waals surface area contributed by atoms with Crippen LogP contribution in [0.2, 0.25) is 0 Å². The van der Waals surface area contributed by atoms with Gasteiger partial charge in [-0.25, -0.2) is 22.7 Å². The summed E-state index contributed by atoms with van der Waals surface area (Å²) in [6.07, 6.45) is 0.664. The van der Waals surface area contributed by atoms with E-state index in [1.165, 1.54) is 18.5 Å². The van der Waals surface area contributed by atoms with Crippen LogP contribution in [0.25, 0.3) is 0 Å². The molecule has 2 atom stereocenters. The number of nitrogens with zero attached hydrogens (tertiary/aromatic N) is 5. The number of rotatable bonds is 9. The number of hydrogen-bond donors (Lipinski definition) is 1. The van der Waals surface area contributed by atoms with Crippen molar-refractivity contribution in [2.45, 2.75) is 64.2 Å². The highest BCUT2D eigenvalue weighted by Gasteiger charge is 2.39. The van der Waals surface area contributed by atoms with Crippen LogP contribution in [0.3, 0.4) is 0 Å². The molecule has 4 rings (SSSR count). The normalized spacial score (nSPS) is 20.1. The molecule has 1 aromatic carbocycles. The van der Waals surface area contributed by atoms with E-state index in [2.05, 4.69) is 20.2 Å². The van der Waals surface area contributed by atoms with Crippen molar-refractivity contribution in [3.8, 4) is 5.75 Å². The number of anilines is 2. The average Bonchev–Trinajstić information content (AvgIpc) is 3.39. The first-order valence-corrected chi connectivity index (χ1v) is 15.8. The first kappa shape index (κ1) is 34.5. The minimum Gasteiger partial charge on any atom is -0.495 e. The van der Waals surface area contributed by atoms with Gasteiger partial charge in [-0.15, -0.1) is 0 Å². The molecule has 1 aliphatic carbocycles. The Morgan fingerprint density at radius 1 is 1.16 bits per heavy atom. The van der Waals surface area contributed by atoms with Crippen LogP contribution in [0.5, 0.6) is 5.75 Å². The standard InChI is InChI=1S/C28H39F3N6O4S.CH4/c1-35-13-11-20(12-14-35)36(2)26(38)19-9-10-25(41-4)23(16-19)34-27-32-17-21(28(29,30)31)22(33-27)15-18-7-6-8-24(18)37(3)42(5,39)40;/h9-10,16-18,20,24H,6-8,11-15H2,1-5H3,(H,32,33,34);1H4/t18-,24+;/m0./s1. The summed E-state index contributed by atoms with van der Waals surface area (Å²) in [7, 11) is 3.22. The Labute approximate surface area is 252 Å². The number of sulfonamides is 1. The predicted octanol–water partition coefficient (Wildman–Crippen LogP) is 4.65. The van der Waals surface area contributed by atoms with E-state index in [4.69, 9.17) is 4.74 Å². The number of alkyl halides is 3. The molecule has 240 valence electrons. The lowest BCUT2D eigenvalue weighted by molar-refractivity contribution is -0.138. The number of benzene rings is 1. The molecule has 1 saturated carbocycles. The van der Waals surface area contributed by atoms with Gasteiger partial charge in [-0.05, 0) is 76.4 Å². The molecule has 0 spiro atoms. The van der Waals surface area contributed by atoms with Gasteiger partial charge in [0.2, 0.25) is 16.0 Å². The molecule has 1 aromatic heterocycles. The van der Waals surface area contributed by atoms with Crippen LogP contribution in [-0.2, 0) is 22.6 Å². The quantitative estimate of drug-likeness (QED) is 0.428. The smallest absolute Gasteiger partial charge is 0.419 e. The van der Waals surface area contributed by atoms with E-state index >= 15 is 0 Å². The summed E-state index contributed by atoms with van der Waals surface area (Å²) in [6, 6.07) is 4.54. The Hall–Kier alpha value is -2.97. The number of methoxy groups -OCH3 is 1. The van der Waals surface area contributed by atoms with E-state index in [1.54, 1.807) is 30.1 Å². The Morgan fingerprint density at radius 2 is 1.84 bits per heavy atom. The van der Waals surface area contributed by atoms with Gasteiger partial charge in [-0.2, -0.15) is 13.2 Å². The van der Waals surface area contributed by atoms with Crippen molar-refractivity contribution in [1.29, 1.82) is 0 Å². The van der Waals surface area contributed by atoms with Crippen molar-refractivity contribution in [2.24, 2.45) is 5.92 Å². The third kappa shape index (κ3) is 8.15. The molecule has 0 unspecified atom stereocenters. The summed E-state index contributed by atoms with van der Waals surface area (Å²) in [6.45, 7) is 1.80. The van der Waals surface area contributed by atoms with E-state index in [-0.39, 0.29) is 43.4 Å². The monoisotopic (exact) mass is 628 g/mol. The van der Waals surface area contributed by atoms with Crippen molar-refractivity contribution < 1.29 is 31.1 Å². The van der Waals surface area contributed by atoms with Crippen LogP contribution >= 0.6 is 0 Å². The Bertz CT molecular complexity index is 1380. The molecule has 1 amide bonds. The molecule has 10 nitrogen and oxygen atoms in total. The molecule has 43 heavy (non-hydrogen) atoms. The maximum atomic E-state index is 14.0. The summed E-state index contributed by atoms with van der Waals surface area (Å²) >= 11 is 0. The zero-order chi connectivity index (χ0) is 30.8. The highest BCUT2D eigenvalue weighted by molar-refractivity contribution is 7.88. The Morgan fingerprint density at radius 3 is 2.44 bits per heavy atom. The lowest BCUT2D eigenvalue weighted by Crippen LogP contribution is -2.44. The number of likely N-dealkylation sites (tertiary alicyclic amines) is 1. The number of ether oxygens (including phenoxy) is 1. The number of carbonyl (C=O) groups excluding carboxylic acids is 1. The second kappa shape index (κ2) is 13.8. The lowest BCUT2D eigenvalue weighted by Gasteiger charge is -2.35. The lowest BCUT2D eigenvalue weighted by atomic mass is 9.95. The van der Waals surface area contributed by atoms with Gasteiger partial charge in [-0.1, -0.05) is 13.8 Å². The van der Waals surface area contributed by atoms with Gasteiger partial charge >= 0.3 is 6.18 Å². The zero-order valence-electron chi connectivity index (χ0n) is 24.6. The Kier molecular flexibility index (Phi) is 11.1. The average molecular weight is 629 g/mol. The first-order valence-electron chi connectivity index (χ1n) is 14.0. The molecule has 2 fully saturated rings. The summed E-state index contributed by atoms with van der Waals surface area (Å²) < 4.78 is 72.9. The molecular formula is C29H43F3N6O4S. The molecule has 2 aliphatic rings. The fourth-order valence-corrected chi connectivity index (χ4v) is 6.68. The summed E-state index contributed by atoms with van der Waals surface area (Å²) in [5.74, 6) is -0.231. The predicted molar refractivity (Wildman–Crippen MR) is 160 cm³/mol. The van der Waals surface area contributed by atoms with Gasteiger partial charge in [0.05, 0.1) is 30.3 Å². The highest BCUT2D eigenvalue weighted by atomic mass is 32.2. The maximum absolute atomic E-state index is 14.0. The van der Waals surface area contributed by atoms with E-state index in [0.717, 1.165) is 38.4 Å². The molecule has 0 bridgehead atoms. The number of nitrogens with one attached hydrogen (secondary N) is 1. The summed E-state index contributed by atoms with van der Waals surface area (Å²) in [5, 5.41) is 2.95. The van der Waals surface area contributed by atoms with Crippen LogP contribution in [0, 0.1) is 5.92 Å². The van der Waals surface area contributed by atoms with E-state index < -0.39 is 27.8 Å². The number of hydrogen-bond acceptors (Lipinski definition) is 8. The molecule has 1 aliphatic heterocycles. The molecule has 0 radical (unpaired) electrons. The van der Waals surface area contributed by atoms with E-state index in [0.29, 0.717) is 36.3 Å². The van der Waals surface area contributed by atoms with Crippen LogP contribution in [0.4, 0.5) is 24.8 Å². The highest BCUT2D eigenvalue weighted by Crippen LogP contribution is 2.38. The molecule has 1 saturated heterocycles. The number of amides is 1. The van der Waals surface area contributed by atoms with Crippen LogP contribution in [-0.4, -0.2) is 98.1 Å². The zero-order valence-corrected chi connectivity index (χ0v) is 25.4. The fourth-order valence-electron chi connectivity index (χ4n) is 5.91. The van der Waals surface area contributed by atoms with Gasteiger partial charge in [0, 0.05) is 37.9 Å². The Balaban J connectivity index is 0.00000506. The molecule has 1 N–H and O–H groups in total. The van der Waals surface area contributed by atoms with Crippen LogP contribution < -0.4 is 10.1 Å². The van der Waals surface area contributed by atoms with Gasteiger partial charge in [0.25, 0.3) is 5.91 Å². The number of piperidine rings is 1. The van der Waals surface area contributed by atoms with E-state index in [9.17, 15) is 26.4 Å². The van der Waals surface area contributed by atoms with Crippen molar-refractivity contribution >= 4 is 27.6 Å². The van der Waals surface area contributed by atoms with E-state index in [1.807, 2.05) is 7.05 Å². The number of halogens is 3. The van der Waals surface area contributed by atoms with Gasteiger partial charge in [0.1, 0.15) is 5.75 Å². The largest absolute Gasteiger partial charge is 0.495 e. The molecule has 14 heteroatoms. The van der Waals surface area contributed by atoms with Crippen molar-refractivity contribution in [1.82, 2.24) is 24.1 Å². The van der Waals surface area contributed by atoms with Gasteiger partial charge in [0.15, 0.2) is 0 Å². The SMILES string of the molecule is C.COc1ccc(C(=O)N(C)C2CCN(C)CC2)cc1Nc1ncc(C(F)(F)F)c(C[C@@H]2CCC[C@H]2N(C)S(C)(=O)=O)n1. The van der Waals surface area contributed by atoms with Crippen molar-refractivity contribution in [3.05, 3.63) is 41.2 Å². The first-order chi connectivity index (χ1) is 19.7. The van der Waals surface area contributed by atoms with Gasteiger partial charge in [-0.3, -0.25) is 4.79 Å². The third-order valence-corrected chi connectivity index (χ3v) is 9.80. The van der Waals surface area contributed by atoms with Crippen LogP contribution in [0.15, 0.2) is 24.4 Å². The fraction of sp³-hybridized carbons (Fsp3) is 0.621. The van der Waals surface area contributed by atoms with Gasteiger partial charge < -0.3 is 19.9 Å². The number of aromatic nitrogens is 2. The van der Waals surface area contributed by atoms with Crippen molar-refractivity contribution in [3.63, 3.8) is 0 Å². The topological polar surface area (TPSA) is 108 Å². The summed E-state index contributed by atoms with van der Waals surface area (Å²) in [5.41, 5.74) is -0.450. The molecular weight excluding hydrogens is 585 g/mol. The maximum Gasteiger partial charge on any atom is 0.419 e. The summed E-state index contributed by atoms with van der Waals surface area (Å²) in [4.78, 5) is 25.5. The second-order valence-corrected chi connectivity index (χ2v) is 13.3. The van der Waals surface area contributed by atoms with Crippen LogP contribution in [0.1, 0.15) is 61.1 Å².